The highest BCUT2D eigenvalue weighted by molar-refractivity contribution is 5.05. The number of allylic oxidation sites excluding steroid dienone is 1. The molecule has 1 aliphatic heterocycles. The molecule has 1 heteroatoms. The van der Waals surface area contributed by atoms with Gasteiger partial charge in [-0.3, -0.25) is 0 Å². The van der Waals surface area contributed by atoms with Crippen LogP contribution in [0.4, 0.5) is 0 Å². The Hall–Kier alpha value is -0.460. The Morgan fingerprint density at radius 2 is 1.60 bits per heavy atom. The Kier molecular flexibility index (Phi) is 3.23. The number of rotatable bonds is 0. The van der Waals surface area contributed by atoms with Crippen LogP contribution in [0.15, 0.2) is 12.3 Å². The Labute approximate surface area is 95.3 Å². The monoisotopic (exact) mass is 209 g/mol. The van der Waals surface area contributed by atoms with Crippen LogP contribution < -0.4 is 5.32 Å². The molecule has 0 spiro atoms. The van der Waals surface area contributed by atoms with Crippen molar-refractivity contribution in [3.05, 3.63) is 12.3 Å². The average molecular weight is 209 g/mol. The lowest BCUT2D eigenvalue weighted by Crippen LogP contribution is -2.47. The summed E-state index contributed by atoms with van der Waals surface area (Å²) in [5.41, 5.74) is 1.95. The lowest BCUT2D eigenvalue weighted by molar-refractivity contribution is 0.132. The van der Waals surface area contributed by atoms with Crippen molar-refractivity contribution < 1.29 is 0 Å². The van der Waals surface area contributed by atoms with Gasteiger partial charge in [-0.25, -0.2) is 0 Å². The van der Waals surface area contributed by atoms with Gasteiger partial charge in [0.1, 0.15) is 0 Å². The molecular formula is C14H27N. The average Bonchev–Trinajstić information content (AvgIpc) is 1.99. The van der Waals surface area contributed by atoms with Gasteiger partial charge in [0.25, 0.3) is 0 Å². The summed E-state index contributed by atoms with van der Waals surface area (Å²) in [5.74, 6) is 0.760. The third kappa shape index (κ3) is 3.25. The summed E-state index contributed by atoms with van der Waals surface area (Å²) in [7, 11) is 0. The largest absolute Gasteiger partial charge is 0.386 e. The lowest BCUT2D eigenvalue weighted by Gasteiger charge is -2.44. The molecule has 1 N–H and O–H groups in total. The molecule has 2 unspecified atom stereocenters. The zero-order chi connectivity index (χ0) is 11.9. The molecule has 1 fully saturated rings. The maximum atomic E-state index is 4.13. The van der Waals surface area contributed by atoms with E-state index in [2.05, 4.69) is 53.4 Å². The van der Waals surface area contributed by atoms with E-state index in [1.807, 2.05) is 0 Å². The molecule has 1 saturated heterocycles. The fraction of sp³-hybridized carbons (Fsp3) is 0.857. The second kappa shape index (κ2) is 3.84. The fourth-order valence-corrected chi connectivity index (χ4v) is 2.26. The van der Waals surface area contributed by atoms with Gasteiger partial charge in [-0.05, 0) is 29.6 Å². The summed E-state index contributed by atoms with van der Waals surface area (Å²) < 4.78 is 0. The molecule has 1 heterocycles. The first-order valence-corrected chi connectivity index (χ1v) is 6.05. The highest BCUT2D eigenvalue weighted by atomic mass is 15.0. The quantitative estimate of drug-likeness (QED) is 0.637. The molecule has 15 heavy (non-hydrogen) atoms. The molecule has 0 aromatic carbocycles. The Balaban J connectivity index is 2.77. The highest BCUT2D eigenvalue weighted by Gasteiger charge is 2.36. The van der Waals surface area contributed by atoms with Gasteiger partial charge in [0.05, 0.1) is 0 Å². The number of hydrogen-bond acceptors (Lipinski definition) is 1. The van der Waals surface area contributed by atoms with Crippen molar-refractivity contribution in [3.63, 3.8) is 0 Å². The van der Waals surface area contributed by atoms with Crippen LogP contribution in [0.3, 0.4) is 0 Å². The fourth-order valence-electron chi connectivity index (χ4n) is 2.26. The molecule has 0 bridgehead atoms. The third-order valence-corrected chi connectivity index (χ3v) is 3.66. The smallest absolute Gasteiger partial charge is 0.0309 e. The Bertz CT molecular complexity index is 215. The molecule has 2 atom stereocenters. The predicted octanol–water partition coefficient (Wildman–Crippen LogP) is 3.96. The van der Waals surface area contributed by atoms with E-state index in [1.165, 1.54) is 12.1 Å². The van der Waals surface area contributed by atoms with Crippen molar-refractivity contribution in [2.75, 3.05) is 0 Å². The van der Waals surface area contributed by atoms with Gasteiger partial charge in [-0.1, -0.05) is 48.1 Å². The van der Waals surface area contributed by atoms with Crippen molar-refractivity contribution in [2.24, 2.45) is 16.7 Å². The standard InChI is InChI=1S/C14H27N/c1-10-8-11(13(2,3)4)9-12(15-10)14(5,6)7/h11-12,15H,1,8-9H2,2-7H3. The van der Waals surface area contributed by atoms with Crippen LogP contribution in [0, 0.1) is 16.7 Å². The first-order chi connectivity index (χ1) is 6.60. The summed E-state index contributed by atoms with van der Waals surface area (Å²) in [6.45, 7) is 18.1. The predicted molar refractivity (Wildman–Crippen MR) is 67.7 cm³/mol. The van der Waals surface area contributed by atoms with E-state index in [0.717, 1.165) is 12.3 Å². The zero-order valence-electron chi connectivity index (χ0n) is 11.3. The van der Waals surface area contributed by atoms with E-state index in [9.17, 15) is 0 Å². The second-order valence-corrected chi connectivity index (χ2v) is 7.17. The van der Waals surface area contributed by atoms with Gasteiger partial charge < -0.3 is 5.32 Å². The molecule has 0 amide bonds. The van der Waals surface area contributed by atoms with E-state index < -0.39 is 0 Å². The number of nitrogens with one attached hydrogen (secondary N) is 1. The summed E-state index contributed by atoms with van der Waals surface area (Å²) >= 11 is 0. The summed E-state index contributed by atoms with van der Waals surface area (Å²) in [5, 5.41) is 3.56. The molecule has 1 rings (SSSR count). The topological polar surface area (TPSA) is 12.0 Å². The van der Waals surface area contributed by atoms with Gasteiger partial charge in [0.2, 0.25) is 0 Å². The van der Waals surface area contributed by atoms with Gasteiger partial charge in [0.15, 0.2) is 0 Å². The van der Waals surface area contributed by atoms with Crippen molar-refractivity contribution in [3.8, 4) is 0 Å². The Morgan fingerprint density at radius 1 is 1.07 bits per heavy atom. The normalized spacial score (nSPS) is 28.8. The molecule has 1 nitrogen and oxygen atoms in total. The second-order valence-electron chi connectivity index (χ2n) is 7.17. The molecule has 0 radical (unpaired) electrons. The van der Waals surface area contributed by atoms with E-state index in [0.29, 0.717) is 16.9 Å². The van der Waals surface area contributed by atoms with E-state index >= 15 is 0 Å². The Morgan fingerprint density at radius 3 is 2.00 bits per heavy atom. The van der Waals surface area contributed by atoms with Crippen LogP contribution >= 0.6 is 0 Å². The summed E-state index contributed by atoms with van der Waals surface area (Å²) in [4.78, 5) is 0. The molecular weight excluding hydrogens is 182 g/mol. The SMILES string of the molecule is C=C1CC(C(C)(C)C)CC(C(C)(C)C)N1. The van der Waals surface area contributed by atoms with Gasteiger partial charge in [-0.2, -0.15) is 0 Å². The van der Waals surface area contributed by atoms with Gasteiger partial charge in [-0.15, -0.1) is 0 Å². The van der Waals surface area contributed by atoms with E-state index in [4.69, 9.17) is 0 Å². The molecule has 0 saturated carbocycles. The molecule has 1 aliphatic rings. The van der Waals surface area contributed by atoms with Crippen LogP contribution in [0.2, 0.25) is 0 Å². The van der Waals surface area contributed by atoms with Gasteiger partial charge in [0, 0.05) is 11.7 Å². The van der Waals surface area contributed by atoms with Crippen LogP contribution in [-0.4, -0.2) is 6.04 Å². The molecule has 88 valence electrons. The van der Waals surface area contributed by atoms with Gasteiger partial charge >= 0.3 is 0 Å². The number of piperidine rings is 1. The zero-order valence-corrected chi connectivity index (χ0v) is 11.3. The molecule has 0 aromatic heterocycles. The number of hydrogen-bond donors (Lipinski definition) is 1. The summed E-state index contributed by atoms with van der Waals surface area (Å²) in [6.07, 6.45) is 2.40. The highest BCUT2D eigenvalue weighted by Crippen LogP contribution is 2.40. The van der Waals surface area contributed by atoms with Crippen LogP contribution in [-0.2, 0) is 0 Å². The van der Waals surface area contributed by atoms with E-state index in [1.54, 1.807) is 0 Å². The van der Waals surface area contributed by atoms with Crippen molar-refractivity contribution >= 4 is 0 Å². The lowest BCUT2D eigenvalue weighted by atomic mass is 9.69. The first kappa shape index (κ1) is 12.6. The molecule has 0 aliphatic carbocycles. The maximum absolute atomic E-state index is 4.13. The minimum absolute atomic E-state index is 0.326. The maximum Gasteiger partial charge on any atom is 0.0309 e. The minimum atomic E-state index is 0.326. The van der Waals surface area contributed by atoms with Crippen LogP contribution in [0.25, 0.3) is 0 Å². The minimum Gasteiger partial charge on any atom is -0.386 e. The van der Waals surface area contributed by atoms with Crippen LogP contribution in [0.5, 0.6) is 0 Å². The first-order valence-electron chi connectivity index (χ1n) is 6.05. The van der Waals surface area contributed by atoms with Crippen LogP contribution in [0.1, 0.15) is 54.4 Å². The molecule has 0 aromatic rings. The van der Waals surface area contributed by atoms with E-state index in [-0.39, 0.29) is 0 Å². The van der Waals surface area contributed by atoms with Crippen molar-refractivity contribution in [1.29, 1.82) is 0 Å². The summed E-state index contributed by atoms with van der Waals surface area (Å²) in [6, 6.07) is 0.572. The van der Waals surface area contributed by atoms with Crippen molar-refractivity contribution in [1.82, 2.24) is 5.32 Å². The third-order valence-electron chi connectivity index (χ3n) is 3.66. The van der Waals surface area contributed by atoms with Crippen molar-refractivity contribution in [2.45, 2.75) is 60.4 Å².